The highest BCUT2D eigenvalue weighted by Gasteiger charge is 2.35. The largest absolute Gasteiger partial charge is 0.443 e. The molecular weight excluding hydrogens is 194 g/mol. The second kappa shape index (κ2) is 4.21. The molecule has 4 heteroatoms. The van der Waals surface area contributed by atoms with Gasteiger partial charge in [-0.15, -0.1) is 0 Å². The number of rotatable bonds is 1. The number of carbonyl (C=O) groups is 2. The maximum atomic E-state index is 11.6. The Balaban J connectivity index is 2.58. The minimum Gasteiger partial charge on any atom is -0.443 e. The van der Waals surface area contributed by atoms with Crippen LogP contribution in [0, 0.1) is 5.92 Å². The van der Waals surface area contributed by atoms with Gasteiger partial charge in [0, 0.05) is 13.0 Å². The van der Waals surface area contributed by atoms with E-state index in [1.165, 1.54) is 4.90 Å². The monoisotopic (exact) mass is 213 g/mol. The lowest BCUT2D eigenvalue weighted by molar-refractivity contribution is -0.127. The Morgan fingerprint density at radius 2 is 2.13 bits per heavy atom. The smallest absolute Gasteiger partial charge is 0.417 e. The lowest BCUT2D eigenvalue weighted by atomic mass is 10.1. The first kappa shape index (κ1) is 12.0. The van der Waals surface area contributed by atoms with Gasteiger partial charge in [0.05, 0.1) is 0 Å². The van der Waals surface area contributed by atoms with E-state index in [-0.39, 0.29) is 5.91 Å². The van der Waals surface area contributed by atoms with Crippen molar-refractivity contribution < 1.29 is 14.3 Å². The van der Waals surface area contributed by atoms with Crippen molar-refractivity contribution in [3.8, 4) is 0 Å². The zero-order valence-corrected chi connectivity index (χ0v) is 9.87. The van der Waals surface area contributed by atoms with Gasteiger partial charge < -0.3 is 4.74 Å². The molecule has 1 rings (SSSR count). The minimum atomic E-state index is -0.540. The van der Waals surface area contributed by atoms with Crippen LogP contribution in [0.2, 0.25) is 0 Å². The van der Waals surface area contributed by atoms with Gasteiger partial charge in [0.15, 0.2) is 0 Å². The van der Waals surface area contributed by atoms with E-state index in [0.29, 0.717) is 18.9 Å². The van der Waals surface area contributed by atoms with Gasteiger partial charge in [0.1, 0.15) is 5.60 Å². The molecule has 1 atom stereocenters. The lowest BCUT2D eigenvalue weighted by Gasteiger charge is -2.23. The van der Waals surface area contributed by atoms with Gasteiger partial charge in [-0.25, -0.2) is 9.69 Å². The average Bonchev–Trinajstić information content (AvgIpc) is 2.43. The van der Waals surface area contributed by atoms with Crippen molar-refractivity contribution >= 4 is 12.0 Å². The summed E-state index contributed by atoms with van der Waals surface area (Å²) in [5, 5.41) is 0. The molecule has 1 fully saturated rings. The molecule has 0 saturated carbocycles. The van der Waals surface area contributed by atoms with Crippen LogP contribution in [-0.4, -0.2) is 29.0 Å². The molecule has 0 aliphatic carbocycles. The average molecular weight is 213 g/mol. The van der Waals surface area contributed by atoms with Crippen molar-refractivity contribution in [3.05, 3.63) is 0 Å². The van der Waals surface area contributed by atoms with Gasteiger partial charge in [0.25, 0.3) is 0 Å². The number of nitrogens with zero attached hydrogens (tertiary/aromatic N) is 1. The molecule has 0 aromatic rings. The fourth-order valence-corrected chi connectivity index (χ4v) is 1.55. The number of ether oxygens (including phenoxy) is 1. The van der Waals surface area contributed by atoms with Crippen molar-refractivity contribution in [1.29, 1.82) is 0 Å². The second-order valence-electron chi connectivity index (χ2n) is 4.96. The van der Waals surface area contributed by atoms with Gasteiger partial charge >= 0.3 is 6.09 Å². The van der Waals surface area contributed by atoms with Crippen LogP contribution in [-0.2, 0) is 9.53 Å². The van der Waals surface area contributed by atoms with Gasteiger partial charge in [0.2, 0.25) is 5.91 Å². The summed E-state index contributed by atoms with van der Waals surface area (Å²) in [6.07, 6.45) is 0.879. The molecule has 1 aliphatic rings. The maximum Gasteiger partial charge on any atom is 0.417 e. The van der Waals surface area contributed by atoms with E-state index in [1.54, 1.807) is 20.8 Å². The minimum absolute atomic E-state index is 0.115. The predicted molar refractivity (Wildman–Crippen MR) is 56.3 cm³/mol. The number of carbonyl (C=O) groups excluding carboxylic acids is 2. The molecule has 1 heterocycles. The summed E-state index contributed by atoms with van der Waals surface area (Å²) in [5.41, 5.74) is -0.540. The first-order valence-electron chi connectivity index (χ1n) is 5.37. The number of amides is 2. The van der Waals surface area contributed by atoms with Crippen LogP contribution in [0.1, 0.15) is 40.5 Å². The Morgan fingerprint density at radius 1 is 1.53 bits per heavy atom. The predicted octanol–water partition coefficient (Wildman–Crippen LogP) is 2.18. The van der Waals surface area contributed by atoms with Gasteiger partial charge in [-0.3, -0.25) is 4.79 Å². The fourth-order valence-electron chi connectivity index (χ4n) is 1.55. The van der Waals surface area contributed by atoms with Crippen LogP contribution in [0.15, 0.2) is 0 Å². The summed E-state index contributed by atoms with van der Waals surface area (Å²) in [7, 11) is 0. The fraction of sp³-hybridized carbons (Fsp3) is 0.818. The highest BCUT2D eigenvalue weighted by molar-refractivity contribution is 5.93. The van der Waals surface area contributed by atoms with E-state index >= 15 is 0 Å². The Morgan fingerprint density at radius 3 is 2.53 bits per heavy atom. The molecule has 0 spiro atoms. The molecule has 0 bridgehead atoms. The third-order valence-electron chi connectivity index (χ3n) is 2.40. The van der Waals surface area contributed by atoms with Crippen LogP contribution in [0.5, 0.6) is 0 Å². The van der Waals surface area contributed by atoms with Gasteiger partial charge in [-0.2, -0.15) is 0 Å². The van der Waals surface area contributed by atoms with E-state index in [4.69, 9.17) is 4.74 Å². The second-order valence-corrected chi connectivity index (χ2v) is 4.96. The summed E-state index contributed by atoms with van der Waals surface area (Å²) in [6, 6.07) is 0. The van der Waals surface area contributed by atoms with Crippen LogP contribution in [0.3, 0.4) is 0 Å². The molecule has 1 saturated heterocycles. The number of hydrogen-bond donors (Lipinski definition) is 0. The third-order valence-corrected chi connectivity index (χ3v) is 2.40. The Hall–Kier alpha value is -1.06. The van der Waals surface area contributed by atoms with Crippen LogP contribution >= 0.6 is 0 Å². The summed E-state index contributed by atoms with van der Waals surface area (Å²) in [5.74, 6) is 0.182. The Kier molecular flexibility index (Phi) is 3.37. The number of likely N-dealkylation sites (tertiary alicyclic amines) is 1. The van der Waals surface area contributed by atoms with E-state index in [1.807, 2.05) is 6.92 Å². The SMILES string of the molecule is CCC1CC(=O)N(C(=O)OC(C)(C)C)C1. The molecule has 0 radical (unpaired) electrons. The maximum absolute atomic E-state index is 11.6. The summed E-state index contributed by atoms with van der Waals surface area (Å²) in [6.45, 7) is 7.91. The van der Waals surface area contributed by atoms with Crippen molar-refractivity contribution in [2.24, 2.45) is 5.92 Å². The zero-order valence-electron chi connectivity index (χ0n) is 9.87. The third kappa shape index (κ3) is 3.22. The zero-order chi connectivity index (χ0) is 11.6. The van der Waals surface area contributed by atoms with Crippen LogP contribution < -0.4 is 0 Å². The molecule has 2 amide bonds. The highest BCUT2D eigenvalue weighted by atomic mass is 16.6. The molecular formula is C11H19NO3. The van der Waals surface area contributed by atoms with Crippen LogP contribution in [0.25, 0.3) is 0 Å². The molecule has 0 N–H and O–H groups in total. The van der Waals surface area contributed by atoms with Crippen LogP contribution in [0.4, 0.5) is 4.79 Å². The van der Waals surface area contributed by atoms with Gasteiger partial charge in [-0.1, -0.05) is 13.3 Å². The Bertz CT molecular complexity index is 267. The number of imide groups is 1. The lowest BCUT2D eigenvalue weighted by Crippen LogP contribution is -2.37. The summed E-state index contributed by atoms with van der Waals surface area (Å²) >= 11 is 0. The molecule has 4 nitrogen and oxygen atoms in total. The quantitative estimate of drug-likeness (QED) is 0.670. The molecule has 86 valence electrons. The Labute approximate surface area is 90.6 Å². The summed E-state index contributed by atoms with van der Waals surface area (Å²) < 4.78 is 5.15. The van der Waals surface area contributed by atoms with E-state index in [9.17, 15) is 9.59 Å². The molecule has 1 aliphatic heterocycles. The van der Waals surface area contributed by atoms with E-state index in [0.717, 1.165) is 6.42 Å². The van der Waals surface area contributed by atoms with Gasteiger partial charge in [-0.05, 0) is 26.7 Å². The molecule has 0 aromatic carbocycles. The first-order valence-corrected chi connectivity index (χ1v) is 5.37. The van der Waals surface area contributed by atoms with E-state index < -0.39 is 11.7 Å². The van der Waals surface area contributed by atoms with E-state index in [2.05, 4.69) is 0 Å². The summed E-state index contributed by atoms with van der Waals surface area (Å²) in [4.78, 5) is 24.3. The normalized spacial score (nSPS) is 22.0. The van der Waals surface area contributed by atoms with Crippen molar-refractivity contribution in [2.45, 2.75) is 46.1 Å². The molecule has 0 aromatic heterocycles. The highest BCUT2D eigenvalue weighted by Crippen LogP contribution is 2.22. The van der Waals surface area contributed by atoms with Crippen molar-refractivity contribution in [3.63, 3.8) is 0 Å². The topological polar surface area (TPSA) is 46.6 Å². The number of hydrogen-bond acceptors (Lipinski definition) is 3. The standard InChI is InChI=1S/C11H19NO3/c1-5-8-6-9(13)12(7-8)10(14)15-11(2,3)4/h8H,5-7H2,1-4H3. The van der Waals surface area contributed by atoms with Crippen molar-refractivity contribution in [2.75, 3.05) is 6.54 Å². The molecule has 1 unspecified atom stereocenters. The van der Waals surface area contributed by atoms with Crippen molar-refractivity contribution in [1.82, 2.24) is 4.90 Å². The molecule has 15 heavy (non-hydrogen) atoms. The first-order chi connectivity index (χ1) is 6.83.